The Balaban J connectivity index is 1.03. The number of oxazole rings is 1. The van der Waals surface area contributed by atoms with Crippen LogP contribution in [0.15, 0.2) is 229 Å². The maximum absolute atomic E-state index is 6.65. The Morgan fingerprint density at radius 1 is 0.393 bits per heavy atom. The van der Waals surface area contributed by atoms with E-state index in [4.69, 9.17) is 9.40 Å². The van der Waals surface area contributed by atoms with Gasteiger partial charge in [-0.1, -0.05) is 140 Å². The largest absolute Gasteiger partial charge is 0.435 e. The highest BCUT2D eigenvalue weighted by Crippen LogP contribution is 2.43. The first-order chi connectivity index (χ1) is 30.2. The van der Waals surface area contributed by atoms with Crippen LogP contribution in [-0.4, -0.2) is 9.55 Å². The number of para-hydroxylation sites is 3. The van der Waals surface area contributed by atoms with Crippen molar-refractivity contribution in [1.29, 1.82) is 0 Å². The molecular formula is C57H37N3O. The molecule has 0 aliphatic rings. The van der Waals surface area contributed by atoms with Crippen LogP contribution in [0.25, 0.3) is 93.8 Å². The second-order valence-corrected chi connectivity index (χ2v) is 15.6. The second kappa shape index (κ2) is 14.3. The van der Waals surface area contributed by atoms with E-state index in [-0.39, 0.29) is 0 Å². The lowest BCUT2D eigenvalue weighted by atomic mass is 9.90. The van der Waals surface area contributed by atoms with Gasteiger partial charge in [-0.05, 0) is 123 Å². The third-order valence-corrected chi connectivity index (χ3v) is 12.0. The molecule has 0 saturated carbocycles. The molecule has 10 aromatic carbocycles. The van der Waals surface area contributed by atoms with Gasteiger partial charge in [0.1, 0.15) is 5.52 Å². The molecule has 0 aliphatic heterocycles. The van der Waals surface area contributed by atoms with Gasteiger partial charge in [0.15, 0.2) is 5.58 Å². The van der Waals surface area contributed by atoms with Crippen molar-refractivity contribution in [3.05, 3.63) is 224 Å². The Morgan fingerprint density at radius 2 is 1.00 bits per heavy atom. The topological polar surface area (TPSA) is 34.2 Å². The molecule has 0 spiro atoms. The summed E-state index contributed by atoms with van der Waals surface area (Å²) < 4.78 is 9.03. The first-order valence-electron chi connectivity index (χ1n) is 20.7. The van der Waals surface area contributed by atoms with Gasteiger partial charge in [-0.3, -0.25) is 0 Å². The molecule has 2 aromatic heterocycles. The zero-order chi connectivity index (χ0) is 40.3. The molecule has 2 heterocycles. The Labute approximate surface area is 352 Å². The summed E-state index contributed by atoms with van der Waals surface area (Å²) >= 11 is 0. The van der Waals surface area contributed by atoms with Gasteiger partial charge >= 0.3 is 0 Å². The molecule has 0 bridgehead atoms. The van der Waals surface area contributed by atoms with Gasteiger partial charge in [0, 0.05) is 44.5 Å². The van der Waals surface area contributed by atoms with Gasteiger partial charge in [0.2, 0.25) is 5.89 Å². The van der Waals surface area contributed by atoms with Crippen LogP contribution in [-0.2, 0) is 0 Å². The Hall–Kier alpha value is -8.21. The smallest absolute Gasteiger partial charge is 0.227 e. The minimum atomic E-state index is 0.624. The molecule has 0 radical (unpaired) electrons. The fourth-order valence-corrected chi connectivity index (χ4v) is 9.14. The maximum Gasteiger partial charge on any atom is 0.227 e. The molecule has 0 amide bonds. The van der Waals surface area contributed by atoms with Gasteiger partial charge in [0.25, 0.3) is 0 Å². The van der Waals surface area contributed by atoms with Gasteiger partial charge in [0.05, 0.1) is 11.0 Å². The SMILES string of the molecule is c1ccc(-c2nc3ccc4ccc5c(-c6ccccc6)cc(-c6ccc(N(c7ccccc7)c7ccc8c9ccccc9n(-c9ccccc9)c8c7)cc6)cc5c4c3o2)cc1. The lowest BCUT2D eigenvalue weighted by Gasteiger charge is -2.26. The molecule has 0 fully saturated rings. The summed E-state index contributed by atoms with van der Waals surface area (Å²) in [6.45, 7) is 0. The molecule has 0 saturated heterocycles. The number of nitrogens with zero attached hydrogens (tertiary/aromatic N) is 3. The zero-order valence-electron chi connectivity index (χ0n) is 33.1. The van der Waals surface area contributed by atoms with E-state index in [1.807, 2.05) is 30.3 Å². The highest BCUT2D eigenvalue weighted by Gasteiger charge is 2.20. The molecule has 4 heteroatoms. The minimum Gasteiger partial charge on any atom is -0.435 e. The monoisotopic (exact) mass is 779 g/mol. The summed E-state index contributed by atoms with van der Waals surface area (Å²) in [5.74, 6) is 0.624. The van der Waals surface area contributed by atoms with E-state index in [2.05, 4.69) is 204 Å². The van der Waals surface area contributed by atoms with Crippen molar-refractivity contribution in [2.45, 2.75) is 0 Å². The van der Waals surface area contributed by atoms with Crippen LogP contribution in [0, 0.1) is 0 Å². The van der Waals surface area contributed by atoms with Crippen LogP contribution in [0.5, 0.6) is 0 Å². The van der Waals surface area contributed by atoms with Gasteiger partial charge in [-0.15, -0.1) is 0 Å². The molecule has 12 aromatic rings. The first-order valence-corrected chi connectivity index (χ1v) is 20.7. The summed E-state index contributed by atoms with van der Waals surface area (Å²) in [5.41, 5.74) is 13.9. The summed E-state index contributed by atoms with van der Waals surface area (Å²) in [7, 11) is 0. The molecule has 61 heavy (non-hydrogen) atoms. The number of aromatic nitrogens is 2. The van der Waals surface area contributed by atoms with Crippen molar-refractivity contribution in [3.63, 3.8) is 0 Å². The zero-order valence-corrected chi connectivity index (χ0v) is 33.1. The lowest BCUT2D eigenvalue weighted by Crippen LogP contribution is -2.10. The molecule has 0 atom stereocenters. The molecule has 0 N–H and O–H groups in total. The lowest BCUT2D eigenvalue weighted by molar-refractivity contribution is 0.623. The molecule has 4 nitrogen and oxygen atoms in total. The van der Waals surface area contributed by atoms with Crippen LogP contribution >= 0.6 is 0 Å². The first kappa shape index (κ1) is 34.8. The second-order valence-electron chi connectivity index (χ2n) is 15.6. The third-order valence-electron chi connectivity index (χ3n) is 12.0. The van der Waals surface area contributed by atoms with Crippen LogP contribution < -0.4 is 4.90 Å². The van der Waals surface area contributed by atoms with Crippen LogP contribution in [0.3, 0.4) is 0 Å². The Bertz CT molecular complexity index is 3560. The van der Waals surface area contributed by atoms with Crippen LogP contribution in [0.4, 0.5) is 17.1 Å². The average Bonchev–Trinajstić information content (AvgIpc) is 3.92. The molecule has 286 valence electrons. The number of anilines is 3. The van der Waals surface area contributed by atoms with E-state index < -0.39 is 0 Å². The number of hydrogen-bond donors (Lipinski definition) is 0. The summed E-state index contributed by atoms with van der Waals surface area (Å²) in [4.78, 5) is 7.30. The predicted octanol–water partition coefficient (Wildman–Crippen LogP) is 15.7. The Morgan fingerprint density at radius 3 is 1.77 bits per heavy atom. The molecule has 0 aliphatic carbocycles. The number of fused-ring (bicyclic) bond motifs is 8. The number of hydrogen-bond acceptors (Lipinski definition) is 3. The maximum atomic E-state index is 6.65. The fourth-order valence-electron chi connectivity index (χ4n) is 9.14. The summed E-state index contributed by atoms with van der Waals surface area (Å²) in [6.07, 6.45) is 0. The summed E-state index contributed by atoms with van der Waals surface area (Å²) in [6, 6.07) is 80.0. The van der Waals surface area contributed by atoms with E-state index in [1.165, 1.54) is 32.8 Å². The predicted molar refractivity (Wildman–Crippen MR) is 254 cm³/mol. The van der Waals surface area contributed by atoms with E-state index in [0.29, 0.717) is 5.89 Å². The standard InChI is InChI=1S/C57H37N3O/c1-5-15-39(16-6-1)50-35-42(36-51-47(50)32-27-40-28-34-52-56(55(40)51)61-57(58-52)41-17-7-2-8-18-41)38-25-29-45(30-26-38)59(43-19-9-3-10-20-43)46-31-33-49-48-23-13-14-24-53(48)60(54(49)37-46)44-21-11-4-12-22-44/h1-37H. The van der Waals surface area contributed by atoms with E-state index in [0.717, 1.165) is 72.2 Å². The van der Waals surface area contributed by atoms with Gasteiger partial charge in [-0.2, -0.15) is 0 Å². The highest BCUT2D eigenvalue weighted by molar-refractivity contribution is 6.21. The van der Waals surface area contributed by atoms with Crippen molar-refractivity contribution in [1.82, 2.24) is 9.55 Å². The molecule has 0 unspecified atom stereocenters. The van der Waals surface area contributed by atoms with Crippen molar-refractivity contribution in [3.8, 4) is 39.4 Å². The normalized spacial score (nSPS) is 11.6. The average molecular weight is 780 g/mol. The fraction of sp³-hybridized carbons (Fsp3) is 0. The van der Waals surface area contributed by atoms with E-state index in [1.54, 1.807) is 0 Å². The van der Waals surface area contributed by atoms with Crippen molar-refractivity contribution >= 4 is 71.5 Å². The third kappa shape index (κ3) is 5.88. The Kier molecular flexibility index (Phi) is 8.13. The van der Waals surface area contributed by atoms with Gasteiger partial charge in [-0.25, -0.2) is 4.98 Å². The quantitative estimate of drug-likeness (QED) is 0.151. The van der Waals surface area contributed by atoms with Crippen LogP contribution in [0.1, 0.15) is 0 Å². The van der Waals surface area contributed by atoms with Crippen molar-refractivity contribution < 1.29 is 4.42 Å². The van der Waals surface area contributed by atoms with Gasteiger partial charge < -0.3 is 13.9 Å². The van der Waals surface area contributed by atoms with E-state index >= 15 is 0 Å². The number of benzene rings is 10. The van der Waals surface area contributed by atoms with Crippen molar-refractivity contribution in [2.24, 2.45) is 0 Å². The molecular weight excluding hydrogens is 743 g/mol. The highest BCUT2D eigenvalue weighted by atomic mass is 16.3. The van der Waals surface area contributed by atoms with Crippen molar-refractivity contribution in [2.75, 3.05) is 4.90 Å². The molecule has 12 rings (SSSR count). The van der Waals surface area contributed by atoms with Crippen LogP contribution in [0.2, 0.25) is 0 Å². The minimum absolute atomic E-state index is 0.624. The number of rotatable bonds is 7. The van der Waals surface area contributed by atoms with E-state index in [9.17, 15) is 0 Å². The summed E-state index contributed by atoms with van der Waals surface area (Å²) in [5, 5.41) is 6.95.